The zero-order chi connectivity index (χ0) is 18.6. The van der Waals surface area contributed by atoms with E-state index in [1.54, 1.807) is 19.1 Å². The average Bonchev–Trinajstić information content (AvgIpc) is 2.90. The average molecular weight is 351 g/mol. The number of benzene rings is 1. The summed E-state index contributed by atoms with van der Waals surface area (Å²) in [6.07, 6.45) is -0.0807. The Morgan fingerprint density at radius 3 is 2.80 bits per heavy atom. The summed E-state index contributed by atoms with van der Waals surface area (Å²) < 4.78 is 9.88. The maximum atomic E-state index is 11.8. The number of ether oxygens (including phenoxy) is 2. The molecule has 1 fully saturated rings. The largest absolute Gasteiger partial charge is 0.504 e. The second-order valence-corrected chi connectivity index (χ2v) is 6.68. The van der Waals surface area contributed by atoms with Crippen LogP contribution in [-0.4, -0.2) is 66.8 Å². The van der Waals surface area contributed by atoms with Crippen LogP contribution in [0.2, 0.25) is 0 Å². The van der Waals surface area contributed by atoms with Crippen LogP contribution in [0.5, 0.6) is 11.5 Å². The van der Waals surface area contributed by atoms with Crippen LogP contribution in [0, 0.1) is 5.41 Å². The summed E-state index contributed by atoms with van der Waals surface area (Å²) >= 11 is 0. The molecule has 1 aromatic carbocycles. The minimum Gasteiger partial charge on any atom is -0.504 e. The maximum absolute atomic E-state index is 11.8. The van der Waals surface area contributed by atoms with Gasteiger partial charge in [-0.2, -0.15) is 0 Å². The van der Waals surface area contributed by atoms with Crippen molar-refractivity contribution in [3.8, 4) is 11.5 Å². The Hall–Kier alpha value is -2.12. The number of aldehydes is 1. The van der Waals surface area contributed by atoms with E-state index in [-0.39, 0.29) is 24.8 Å². The van der Waals surface area contributed by atoms with E-state index in [4.69, 9.17) is 9.47 Å². The summed E-state index contributed by atoms with van der Waals surface area (Å²) in [6, 6.07) is 5.19. The van der Waals surface area contributed by atoms with Crippen LogP contribution < -0.4 is 4.74 Å². The van der Waals surface area contributed by atoms with Crippen LogP contribution in [0.1, 0.15) is 25.3 Å². The number of esters is 1. The molecule has 0 aliphatic carbocycles. The SMILES string of the molecule is COc1ccc(C2CN(CC(=O)OCC=O)CC2(C)C(C)O)cc1O. The molecule has 1 aliphatic rings. The molecule has 2 rings (SSSR count). The Morgan fingerprint density at radius 2 is 2.24 bits per heavy atom. The second-order valence-electron chi connectivity index (χ2n) is 6.68. The molecule has 0 spiro atoms. The molecule has 7 heteroatoms. The molecule has 3 unspecified atom stereocenters. The maximum Gasteiger partial charge on any atom is 0.320 e. The quantitative estimate of drug-likeness (QED) is 0.557. The number of aliphatic hydroxyl groups excluding tert-OH is 1. The van der Waals surface area contributed by atoms with E-state index in [1.165, 1.54) is 7.11 Å². The molecule has 1 saturated heterocycles. The van der Waals surface area contributed by atoms with Gasteiger partial charge in [-0.1, -0.05) is 13.0 Å². The van der Waals surface area contributed by atoms with Crippen molar-refractivity contribution in [3.05, 3.63) is 23.8 Å². The number of hydrogen-bond acceptors (Lipinski definition) is 7. The number of likely N-dealkylation sites (tertiary alicyclic amines) is 1. The molecule has 0 aromatic heterocycles. The first-order chi connectivity index (χ1) is 11.8. The van der Waals surface area contributed by atoms with Gasteiger partial charge >= 0.3 is 5.97 Å². The van der Waals surface area contributed by atoms with Crippen molar-refractivity contribution in [1.82, 2.24) is 4.90 Å². The Kier molecular flexibility index (Phi) is 6.02. The first-order valence-corrected chi connectivity index (χ1v) is 8.18. The number of nitrogens with zero attached hydrogens (tertiary/aromatic N) is 1. The molecule has 2 N–H and O–H groups in total. The molecule has 0 saturated carbocycles. The summed E-state index contributed by atoms with van der Waals surface area (Å²) in [5.41, 5.74) is 0.372. The summed E-state index contributed by atoms with van der Waals surface area (Å²) in [6.45, 7) is 4.51. The summed E-state index contributed by atoms with van der Waals surface area (Å²) in [7, 11) is 1.48. The molecule has 0 amide bonds. The van der Waals surface area contributed by atoms with Gasteiger partial charge in [0.15, 0.2) is 17.8 Å². The zero-order valence-electron chi connectivity index (χ0n) is 14.8. The topological polar surface area (TPSA) is 96.3 Å². The standard InChI is InChI=1S/C18H25NO6/c1-12(21)18(2)11-19(10-17(23)25-7-6-20)9-14(18)13-4-5-16(24-3)15(22)8-13/h4-6,8,12,14,21-22H,7,9-11H2,1-3H3. The van der Waals surface area contributed by atoms with E-state index in [2.05, 4.69) is 0 Å². The first-order valence-electron chi connectivity index (χ1n) is 8.18. The van der Waals surface area contributed by atoms with E-state index >= 15 is 0 Å². The number of hydrogen-bond donors (Lipinski definition) is 2. The normalized spacial score (nSPS) is 24.7. The van der Waals surface area contributed by atoms with Crippen molar-refractivity contribution in [3.63, 3.8) is 0 Å². The lowest BCUT2D eigenvalue weighted by atomic mass is 9.72. The van der Waals surface area contributed by atoms with Crippen LogP contribution in [0.15, 0.2) is 18.2 Å². The van der Waals surface area contributed by atoms with Gasteiger partial charge in [-0.3, -0.25) is 14.5 Å². The molecule has 0 radical (unpaired) electrons. The van der Waals surface area contributed by atoms with E-state index in [9.17, 15) is 19.8 Å². The smallest absolute Gasteiger partial charge is 0.320 e. The van der Waals surface area contributed by atoms with Gasteiger partial charge in [0, 0.05) is 24.4 Å². The van der Waals surface area contributed by atoms with Gasteiger partial charge in [-0.05, 0) is 24.6 Å². The Labute approximate surface area is 147 Å². The van der Waals surface area contributed by atoms with Gasteiger partial charge < -0.3 is 19.7 Å². The van der Waals surface area contributed by atoms with E-state index in [0.717, 1.165) is 5.56 Å². The van der Waals surface area contributed by atoms with Crippen LogP contribution in [0.25, 0.3) is 0 Å². The highest BCUT2D eigenvalue weighted by molar-refractivity contribution is 5.73. The number of phenols is 1. The zero-order valence-corrected chi connectivity index (χ0v) is 14.8. The Morgan fingerprint density at radius 1 is 1.52 bits per heavy atom. The second kappa shape index (κ2) is 7.84. The molecule has 1 aromatic rings. The molecular formula is C18H25NO6. The molecule has 138 valence electrons. The van der Waals surface area contributed by atoms with Crippen molar-refractivity contribution in [2.24, 2.45) is 5.41 Å². The van der Waals surface area contributed by atoms with Crippen molar-refractivity contribution in [2.75, 3.05) is 33.4 Å². The van der Waals surface area contributed by atoms with Crippen LogP contribution in [-0.2, 0) is 14.3 Å². The van der Waals surface area contributed by atoms with Gasteiger partial charge in [-0.25, -0.2) is 0 Å². The molecule has 25 heavy (non-hydrogen) atoms. The molecule has 1 aliphatic heterocycles. The van der Waals surface area contributed by atoms with Gasteiger partial charge in [-0.15, -0.1) is 0 Å². The van der Waals surface area contributed by atoms with E-state index in [0.29, 0.717) is 25.1 Å². The van der Waals surface area contributed by atoms with E-state index in [1.807, 2.05) is 17.9 Å². The predicted molar refractivity (Wildman–Crippen MR) is 90.7 cm³/mol. The summed E-state index contributed by atoms with van der Waals surface area (Å²) in [5.74, 6) is -0.131. The number of phenolic OH excluding ortho intramolecular Hbond substituents is 1. The number of methoxy groups -OCH3 is 1. The molecule has 3 atom stereocenters. The van der Waals surface area contributed by atoms with Gasteiger partial charge in [0.05, 0.1) is 19.8 Å². The van der Waals surface area contributed by atoms with Gasteiger partial charge in [0.25, 0.3) is 0 Å². The highest BCUT2D eigenvalue weighted by Crippen LogP contribution is 2.46. The fraction of sp³-hybridized carbons (Fsp3) is 0.556. The third kappa shape index (κ3) is 4.11. The molecular weight excluding hydrogens is 326 g/mol. The Balaban J connectivity index is 2.21. The van der Waals surface area contributed by atoms with Crippen LogP contribution >= 0.6 is 0 Å². The highest BCUT2D eigenvalue weighted by atomic mass is 16.5. The lowest BCUT2D eigenvalue weighted by Gasteiger charge is -2.34. The van der Waals surface area contributed by atoms with Crippen LogP contribution in [0.3, 0.4) is 0 Å². The number of rotatable bonds is 7. The number of aliphatic hydroxyl groups is 1. The predicted octanol–water partition coefficient (Wildman–Crippen LogP) is 0.929. The monoisotopic (exact) mass is 351 g/mol. The highest BCUT2D eigenvalue weighted by Gasteiger charge is 2.47. The third-order valence-electron chi connectivity index (χ3n) is 5.03. The number of carbonyl (C=O) groups excluding carboxylic acids is 2. The number of aromatic hydroxyl groups is 1. The summed E-state index contributed by atoms with van der Waals surface area (Å²) in [5, 5.41) is 20.4. The van der Waals surface area contributed by atoms with Crippen molar-refractivity contribution in [1.29, 1.82) is 0 Å². The van der Waals surface area contributed by atoms with Crippen molar-refractivity contribution >= 4 is 12.3 Å². The number of carbonyl (C=O) groups is 2. The molecule has 7 nitrogen and oxygen atoms in total. The molecule has 1 heterocycles. The van der Waals surface area contributed by atoms with Gasteiger partial charge in [0.1, 0.15) is 6.61 Å². The van der Waals surface area contributed by atoms with E-state index < -0.39 is 17.5 Å². The summed E-state index contributed by atoms with van der Waals surface area (Å²) in [4.78, 5) is 24.0. The fourth-order valence-corrected chi connectivity index (χ4v) is 3.43. The fourth-order valence-electron chi connectivity index (χ4n) is 3.43. The minimum absolute atomic E-state index is 0.0387. The first kappa shape index (κ1) is 19.2. The minimum atomic E-state index is -0.613. The Bertz CT molecular complexity index is 632. The van der Waals surface area contributed by atoms with Crippen molar-refractivity contribution < 1.29 is 29.3 Å². The van der Waals surface area contributed by atoms with Gasteiger partial charge in [0.2, 0.25) is 0 Å². The van der Waals surface area contributed by atoms with Crippen molar-refractivity contribution in [2.45, 2.75) is 25.9 Å². The lowest BCUT2D eigenvalue weighted by molar-refractivity contribution is -0.146. The molecule has 0 bridgehead atoms. The van der Waals surface area contributed by atoms with Crippen LogP contribution in [0.4, 0.5) is 0 Å². The third-order valence-corrected chi connectivity index (χ3v) is 5.03. The lowest BCUT2D eigenvalue weighted by Crippen LogP contribution is -2.38.